The van der Waals surface area contributed by atoms with E-state index in [0.717, 1.165) is 29.9 Å². The van der Waals surface area contributed by atoms with Crippen molar-refractivity contribution in [1.29, 1.82) is 0 Å². The average molecular weight is 386 g/mol. The Balaban J connectivity index is 1.47. The van der Waals surface area contributed by atoms with Crippen LogP contribution in [-0.2, 0) is 22.9 Å². The minimum Gasteiger partial charge on any atom is -0.493 e. The highest BCUT2D eigenvalue weighted by molar-refractivity contribution is 7.92. The number of nitrogens with zero attached hydrogens (tertiary/aromatic N) is 1. The number of fused-ring (bicyclic) bond motifs is 2. The van der Waals surface area contributed by atoms with Gasteiger partial charge in [-0.05, 0) is 43.2 Å². The summed E-state index contributed by atoms with van der Waals surface area (Å²) >= 11 is 0. The van der Waals surface area contributed by atoms with Crippen LogP contribution >= 0.6 is 0 Å². The van der Waals surface area contributed by atoms with Crippen molar-refractivity contribution in [3.05, 3.63) is 41.5 Å². The van der Waals surface area contributed by atoms with E-state index in [4.69, 9.17) is 9.47 Å². The molecule has 0 aromatic heterocycles. The first-order valence-corrected chi connectivity index (χ1v) is 10.9. The first kappa shape index (κ1) is 16.7. The average Bonchev–Trinajstić information content (AvgIpc) is 3.40. The van der Waals surface area contributed by atoms with Crippen molar-refractivity contribution in [2.75, 3.05) is 35.9 Å². The Labute approximate surface area is 159 Å². The number of anilines is 2. The Morgan fingerprint density at radius 2 is 1.70 bits per heavy atom. The van der Waals surface area contributed by atoms with Gasteiger partial charge in [0.1, 0.15) is 16.4 Å². The molecular weight excluding hydrogens is 364 g/mol. The molecule has 0 aliphatic carbocycles. The first-order chi connectivity index (χ1) is 13.1. The van der Waals surface area contributed by atoms with E-state index >= 15 is 0 Å². The van der Waals surface area contributed by atoms with Crippen molar-refractivity contribution in [1.82, 2.24) is 0 Å². The molecule has 0 bridgehead atoms. The summed E-state index contributed by atoms with van der Waals surface area (Å²) in [5.74, 6) is 1.16. The zero-order chi connectivity index (χ0) is 18.4. The van der Waals surface area contributed by atoms with Crippen LogP contribution in [0.4, 0.5) is 11.4 Å². The minimum atomic E-state index is -3.76. The number of nitrogens with one attached hydrogen (secondary N) is 1. The van der Waals surface area contributed by atoms with Gasteiger partial charge in [-0.15, -0.1) is 0 Å². The van der Waals surface area contributed by atoms with Gasteiger partial charge in [-0.25, -0.2) is 8.42 Å². The molecule has 1 fully saturated rings. The maximum absolute atomic E-state index is 13.2. The molecule has 7 heteroatoms. The van der Waals surface area contributed by atoms with Gasteiger partial charge in [-0.3, -0.25) is 4.72 Å². The molecule has 0 atom stereocenters. The van der Waals surface area contributed by atoms with Crippen LogP contribution in [0.1, 0.15) is 24.0 Å². The fourth-order valence-electron chi connectivity index (χ4n) is 4.15. The summed E-state index contributed by atoms with van der Waals surface area (Å²) in [5, 5.41) is 0. The van der Waals surface area contributed by atoms with Crippen LogP contribution in [0, 0.1) is 0 Å². The second kappa shape index (κ2) is 6.34. The van der Waals surface area contributed by atoms with E-state index in [1.807, 2.05) is 30.3 Å². The lowest BCUT2D eigenvalue weighted by atomic mass is 10.1. The molecule has 2 aromatic rings. The highest BCUT2D eigenvalue weighted by Crippen LogP contribution is 2.43. The van der Waals surface area contributed by atoms with Gasteiger partial charge in [-0.1, -0.05) is 0 Å². The van der Waals surface area contributed by atoms with Crippen molar-refractivity contribution in [2.45, 2.75) is 30.6 Å². The monoisotopic (exact) mass is 386 g/mol. The molecule has 0 saturated carbocycles. The summed E-state index contributed by atoms with van der Waals surface area (Å²) < 4.78 is 40.5. The lowest BCUT2D eigenvalue weighted by Crippen LogP contribution is -2.18. The Hall–Kier alpha value is -2.41. The van der Waals surface area contributed by atoms with Gasteiger partial charge in [-0.2, -0.15) is 0 Å². The van der Waals surface area contributed by atoms with Gasteiger partial charge >= 0.3 is 0 Å². The van der Waals surface area contributed by atoms with Crippen LogP contribution in [0.2, 0.25) is 0 Å². The number of hydrogen-bond donors (Lipinski definition) is 1. The Kier molecular flexibility index (Phi) is 3.93. The minimum absolute atomic E-state index is 0.244. The maximum atomic E-state index is 13.2. The summed E-state index contributed by atoms with van der Waals surface area (Å²) in [6.45, 7) is 3.13. The Morgan fingerprint density at radius 3 is 2.48 bits per heavy atom. The van der Waals surface area contributed by atoms with Crippen molar-refractivity contribution in [3.8, 4) is 11.5 Å². The third kappa shape index (κ3) is 2.90. The second-order valence-corrected chi connectivity index (χ2v) is 8.83. The number of ether oxygens (including phenoxy) is 2. The second-order valence-electron chi connectivity index (χ2n) is 7.21. The zero-order valence-electron chi connectivity index (χ0n) is 15.0. The zero-order valence-corrected chi connectivity index (χ0v) is 15.8. The number of sulfonamides is 1. The normalized spacial score (nSPS) is 18.0. The van der Waals surface area contributed by atoms with Crippen molar-refractivity contribution in [2.24, 2.45) is 0 Å². The van der Waals surface area contributed by atoms with E-state index in [-0.39, 0.29) is 4.90 Å². The fourth-order valence-corrected chi connectivity index (χ4v) is 5.66. The SMILES string of the molecule is O=S(=O)(Nc1ccc(N2CCCC2)cc1)c1c2c(cc3c1OCC3)OCC2. The number of rotatable bonds is 4. The van der Waals surface area contributed by atoms with Gasteiger partial charge in [0, 0.05) is 48.4 Å². The van der Waals surface area contributed by atoms with Crippen molar-refractivity contribution in [3.63, 3.8) is 0 Å². The van der Waals surface area contributed by atoms with E-state index in [0.29, 0.717) is 43.2 Å². The van der Waals surface area contributed by atoms with E-state index in [9.17, 15) is 8.42 Å². The van der Waals surface area contributed by atoms with Crippen LogP contribution < -0.4 is 19.1 Å². The molecule has 0 spiro atoms. The lowest BCUT2D eigenvalue weighted by Gasteiger charge is -2.18. The highest BCUT2D eigenvalue weighted by atomic mass is 32.2. The van der Waals surface area contributed by atoms with E-state index < -0.39 is 10.0 Å². The van der Waals surface area contributed by atoms with Crippen LogP contribution in [0.25, 0.3) is 0 Å². The molecule has 6 nitrogen and oxygen atoms in total. The molecule has 0 amide bonds. The molecule has 3 heterocycles. The van der Waals surface area contributed by atoms with Gasteiger partial charge < -0.3 is 14.4 Å². The largest absolute Gasteiger partial charge is 0.493 e. The molecule has 3 aliphatic heterocycles. The summed E-state index contributed by atoms with van der Waals surface area (Å²) in [7, 11) is -3.76. The fraction of sp³-hybridized carbons (Fsp3) is 0.400. The van der Waals surface area contributed by atoms with Crippen molar-refractivity contribution < 1.29 is 17.9 Å². The molecular formula is C20H22N2O4S. The standard InChI is InChI=1S/C20H22N2O4S/c23-27(24,21-15-3-5-16(6-4-15)22-9-1-2-10-22)20-17-8-12-25-18(17)13-14-7-11-26-19(14)20/h3-6,13,21H,1-2,7-12H2. The predicted molar refractivity (Wildman–Crippen MR) is 104 cm³/mol. The predicted octanol–water partition coefficient (Wildman–Crippen LogP) is 2.96. The van der Waals surface area contributed by atoms with Crippen LogP contribution in [0.15, 0.2) is 35.2 Å². The van der Waals surface area contributed by atoms with Gasteiger partial charge in [0.2, 0.25) is 0 Å². The van der Waals surface area contributed by atoms with Crippen LogP contribution in [0.3, 0.4) is 0 Å². The molecule has 142 valence electrons. The quantitative estimate of drug-likeness (QED) is 0.875. The molecule has 5 rings (SSSR count). The summed E-state index contributed by atoms with van der Waals surface area (Å²) in [4.78, 5) is 2.56. The molecule has 0 unspecified atom stereocenters. The van der Waals surface area contributed by atoms with E-state index in [1.165, 1.54) is 12.8 Å². The topological polar surface area (TPSA) is 67.9 Å². The molecule has 3 aliphatic rings. The summed E-state index contributed by atoms with van der Waals surface area (Å²) in [5.41, 5.74) is 3.31. The Bertz CT molecular complexity index is 948. The van der Waals surface area contributed by atoms with E-state index in [1.54, 1.807) is 0 Å². The van der Waals surface area contributed by atoms with Crippen LogP contribution in [0.5, 0.6) is 11.5 Å². The van der Waals surface area contributed by atoms with Gasteiger partial charge in [0.05, 0.1) is 13.2 Å². The van der Waals surface area contributed by atoms with Gasteiger partial charge in [0.15, 0.2) is 0 Å². The molecule has 0 radical (unpaired) electrons. The summed E-state index contributed by atoms with van der Waals surface area (Å²) in [6.07, 6.45) is 3.70. The number of benzene rings is 2. The lowest BCUT2D eigenvalue weighted by molar-refractivity contribution is 0.348. The first-order valence-electron chi connectivity index (χ1n) is 9.44. The van der Waals surface area contributed by atoms with Crippen LogP contribution in [-0.4, -0.2) is 34.7 Å². The smallest absolute Gasteiger partial charge is 0.266 e. The molecule has 1 N–H and O–H groups in total. The molecule has 2 aromatic carbocycles. The highest BCUT2D eigenvalue weighted by Gasteiger charge is 2.33. The third-order valence-electron chi connectivity index (χ3n) is 5.46. The van der Waals surface area contributed by atoms with Gasteiger partial charge in [0.25, 0.3) is 10.0 Å². The number of hydrogen-bond acceptors (Lipinski definition) is 5. The maximum Gasteiger partial charge on any atom is 0.266 e. The summed E-state index contributed by atoms with van der Waals surface area (Å²) in [6, 6.07) is 9.53. The molecule has 1 saturated heterocycles. The van der Waals surface area contributed by atoms with E-state index in [2.05, 4.69) is 9.62 Å². The molecule has 27 heavy (non-hydrogen) atoms. The Morgan fingerprint density at radius 1 is 0.963 bits per heavy atom. The van der Waals surface area contributed by atoms with Crippen molar-refractivity contribution >= 4 is 21.4 Å². The third-order valence-corrected chi connectivity index (χ3v) is 6.94.